The van der Waals surface area contributed by atoms with E-state index in [0.717, 1.165) is 6.42 Å². The van der Waals surface area contributed by atoms with Crippen LogP contribution in [0.4, 0.5) is 4.79 Å². The summed E-state index contributed by atoms with van der Waals surface area (Å²) in [5.74, 6) is -0.811. The fraction of sp³-hybridized carbons (Fsp3) is 0.857. The van der Waals surface area contributed by atoms with Crippen LogP contribution in [0.15, 0.2) is 0 Å². The first-order valence-electron chi connectivity index (χ1n) is 7.06. The second kappa shape index (κ2) is 6.43. The van der Waals surface area contributed by atoms with E-state index >= 15 is 0 Å². The molecular weight excluding hydrogens is 260 g/mol. The van der Waals surface area contributed by atoms with Gasteiger partial charge in [-0.05, 0) is 33.1 Å². The topological polar surface area (TPSA) is 78.9 Å². The fourth-order valence-electron chi connectivity index (χ4n) is 2.68. The molecule has 0 radical (unpaired) electrons. The normalized spacial score (nSPS) is 23.5. The van der Waals surface area contributed by atoms with Crippen LogP contribution in [-0.4, -0.2) is 54.4 Å². The third-order valence-electron chi connectivity index (χ3n) is 3.95. The molecule has 0 bridgehead atoms. The van der Waals surface area contributed by atoms with Gasteiger partial charge in [0.15, 0.2) is 0 Å². The van der Waals surface area contributed by atoms with Gasteiger partial charge in [-0.25, -0.2) is 4.79 Å². The number of rotatable bonds is 5. The number of hydrogen-bond donors (Lipinski definition) is 2. The van der Waals surface area contributed by atoms with Crippen molar-refractivity contribution in [1.82, 2.24) is 10.2 Å². The Kier molecular flexibility index (Phi) is 5.39. The summed E-state index contributed by atoms with van der Waals surface area (Å²) < 4.78 is 5.07. The van der Waals surface area contributed by atoms with Gasteiger partial charge >= 0.3 is 12.0 Å². The van der Waals surface area contributed by atoms with Gasteiger partial charge in [0.1, 0.15) is 0 Å². The van der Waals surface area contributed by atoms with E-state index in [9.17, 15) is 14.7 Å². The Morgan fingerprint density at radius 1 is 1.45 bits per heavy atom. The van der Waals surface area contributed by atoms with Crippen molar-refractivity contribution in [3.05, 3.63) is 0 Å². The van der Waals surface area contributed by atoms with Gasteiger partial charge in [0.25, 0.3) is 0 Å². The molecule has 0 saturated carbocycles. The van der Waals surface area contributed by atoms with Crippen LogP contribution < -0.4 is 5.32 Å². The lowest BCUT2D eigenvalue weighted by atomic mass is 9.78. The molecule has 6 heteroatoms. The molecule has 0 aromatic rings. The molecule has 0 aliphatic carbocycles. The Balaban J connectivity index is 2.72. The summed E-state index contributed by atoms with van der Waals surface area (Å²) in [6.07, 6.45) is 1.88. The van der Waals surface area contributed by atoms with Crippen molar-refractivity contribution in [3.63, 3.8) is 0 Å². The first kappa shape index (κ1) is 16.8. The van der Waals surface area contributed by atoms with Crippen molar-refractivity contribution >= 4 is 12.0 Å². The van der Waals surface area contributed by atoms with E-state index in [0.29, 0.717) is 26.0 Å². The molecule has 20 heavy (non-hydrogen) atoms. The van der Waals surface area contributed by atoms with Crippen molar-refractivity contribution in [1.29, 1.82) is 0 Å². The van der Waals surface area contributed by atoms with Crippen LogP contribution >= 0.6 is 0 Å². The first-order valence-corrected chi connectivity index (χ1v) is 7.06. The van der Waals surface area contributed by atoms with Crippen LogP contribution in [0.5, 0.6) is 0 Å². The number of ether oxygens (including phenoxy) is 1. The van der Waals surface area contributed by atoms with Gasteiger partial charge in [-0.2, -0.15) is 0 Å². The minimum absolute atomic E-state index is 0.217. The Hall–Kier alpha value is -1.30. The van der Waals surface area contributed by atoms with Gasteiger partial charge in [-0.3, -0.25) is 4.79 Å². The van der Waals surface area contributed by atoms with Gasteiger partial charge in [0.05, 0.1) is 17.6 Å². The van der Waals surface area contributed by atoms with E-state index in [4.69, 9.17) is 4.74 Å². The van der Waals surface area contributed by atoms with Crippen molar-refractivity contribution in [2.75, 3.05) is 26.8 Å². The molecule has 1 aliphatic rings. The van der Waals surface area contributed by atoms with Crippen LogP contribution in [0.25, 0.3) is 0 Å². The molecule has 1 fully saturated rings. The predicted octanol–water partition coefficient (Wildman–Crippen LogP) is 1.70. The summed E-state index contributed by atoms with van der Waals surface area (Å²) in [5.41, 5.74) is -1.28. The smallest absolute Gasteiger partial charge is 0.317 e. The summed E-state index contributed by atoms with van der Waals surface area (Å²) >= 11 is 0. The number of likely N-dealkylation sites (tertiary alicyclic amines) is 1. The fourth-order valence-corrected chi connectivity index (χ4v) is 2.68. The third kappa shape index (κ3) is 3.85. The van der Waals surface area contributed by atoms with Crippen LogP contribution in [0, 0.1) is 5.41 Å². The van der Waals surface area contributed by atoms with Gasteiger partial charge < -0.3 is 20.1 Å². The molecule has 0 aromatic heterocycles. The Morgan fingerprint density at radius 3 is 2.60 bits per heavy atom. The summed E-state index contributed by atoms with van der Waals surface area (Å²) in [6.45, 7) is 6.90. The average Bonchev–Trinajstić information content (AvgIpc) is 2.37. The zero-order valence-corrected chi connectivity index (χ0v) is 12.9. The number of urea groups is 1. The largest absolute Gasteiger partial charge is 0.481 e. The number of carbonyl (C=O) groups excluding carboxylic acids is 1. The highest BCUT2D eigenvalue weighted by Gasteiger charge is 2.42. The van der Waals surface area contributed by atoms with Crippen LogP contribution in [-0.2, 0) is 9.53 Å². The molecule has 0 spiro atoms. The first-order chi connectivity index (χ1) is 9.26. The summed E-state index contributed by atoms with van der Waals surface area (Å²) in [7, 11) is 1.58. The molecule has 0 aromatic carbocycles. The zero-order chi connectivity index (χ0) is 15.4. The molecule has 1 aliphatic heterocycles. The minimum atomic E-state index is -0.811. The number of methoxy groups -OCH3 is 1. The maximum atomic E-state index is 12.3. The molecule has 1 atom stereocenters. The predicted molar refractivity (Wildman–Crippen MR) is 75.7 cm³/mol. The molecule has 2 amide bonds. The molecule has 116 valence electrons. The SMILES string of the molecule is CCC1(C(=O)O)CCCN(C(=O)NC(C)(C)COC)C1. The summed E-state index contributed by atoms with van der Waals surface area (Å²) in [4.78, 5) is 25.4. The maximum Gasteiger partial charge on any atom is 0.317 e. The second-order valence-electron chi connectivity index (χ2n) is 6.21. The lowest BCUT2D eigenvalue weighted by Gasteiger charge is -2.40. The van der Waals surface area contributed by atoms with Gasteiger partial charge in [-0.15, -0.1) is 0 Å². The maximum absolute atomic E-state index is 12.3. The van der Waals surface area contributed by atoms with Gasteiger partial charge in [0.2, 0.25) is 0 Å². The third-order valence-corrected chi connectivity index (χ3v) is 3.95. The molecule has 6 nitrogen and oxygen atoms in total. The number of carbonyl (C=O) groups is 2. The number of carboxylic acid groups (broad SMARTS) is 1. The van der Waals surface area contributed by atoms with Crippen molar-refractivity contribution < 1.29 is 19.4 Å². The van der Waals surface area contributed by atoms with Crippen molar-refractivity contribution in [2.24, 2.45) is 5.41 Å². The van der Waals surface area contributed by atoms with Gasteiger partial charge in [0, 0.05) is 20.2 Å². The molecular formula is C14H26N2O4. The molecule has 1 heterocycles. The van der Waals surface area contributed by atoms with Crippen LogP contribution in [0.2, 0.25) is 0 Å². The van der Waals surface area contributed by atoms with Crippen LogP contribution in [0.3, 0.4) is 0 Å². The number of carboxylic acids is 1. The second-order valence-corrected chi connectivity index (χ2v) is 6.21. The Morgan fingerprint density at radius 2 is 2.10 bits per heavy atom. The molecule has 1 unspecified atom stereocenters. The number of nitrogens with zero attached hydrogens (tertiary/aromatic N) is 1. The number of piperidine rings is 1. The van der Waals surface area contributed by atoms with Crippen molar-refractivity contribution in [2.45, 2.75) is 45.6 Å². The standard InChI is InChI=1S/C14H26N2O4/c1-5-14(11(17)18)7-6-8-16(9-14)12(19)15-13(2,3)10-20-4/h5-10H2,1-4H3,(H,15,19)(H,17,18). The number of amides is 2. The lowest BCUT2D eigenvalue weighted by Crippen LogP contribution is -2.57. The van der Waals surface area contributed by atoms with E-state index in [2.05, 4.69) is 5.32 Å². The quantitative estimate of drug-likeness (QED) is 0.806. The average molecular weight is 286 g/mol. The lowest BCUT2D eigenvalue weighted by molar-refractivity contribution is -0.152. The Bertz CT molecular complexity index is 370. The minimum Gasteiger partial charge on any atom is -0.481 e. The summed E-state index contributed by atoms with van der Waals surface area (Å²) in [6, 6.07) is -0.217. The number of nitrogens with one attached hydrogen (secondary N) is 1. The van der Waals surface area contributed by atoms with E-state index in [1.54, 1.807) is 12.0 Å². The van der Waals surface area contributed by atoms with Crippen LogP contribution in [0.1, 0.15) is 40.0 Å². The van der Waals surface area contributed by atoms with E-state index in [-0.39, 0.29) is 12.6 Å². The molecule has 2 N–H and O–H groups in total. The summed E-state index contributed by atoms with van der Waals surface area (Å²) in [5, 5.41) is 12.3. The molecule has 1 rings (SSSR count). The highest BCUT2D eigenvalue weighted by molar-refractivity contribution is 5.79. The number of hydrogen-bond acceptors (Lipinski definition) is 3. The highest BCUT2D eigenvalue weighted by Crippen LogP contribution is 2.33. The van der Waals surface area contributed by atoms with Gasteiger partial charge in [-0.1, -0.05) is 6.92 Å². The van der Waals surface area contributed by atoms with E-state index < -0.39 is 16.9 Å². The van der Waals surface area contributed by atoms with E-state index in [1.807, 2.05) is 20.8 Å². The van der Waals surface area contributed by atoms with E-state index in [1.165, 1.54) is 0 Å². The zero-order valence-electron chi connectivity index (χ0n) is 12.9. The molecule has 1 saturated heterocycles. The monoisotopic (exact) mass is 286 g/mol. The number of aliphatic carboxylic acids is 1. The Labute approximate surface area is 120 Å². The van der Waals surface area contributed by atoms with Crippen molar-refractivity contribution in [3.8, 4) is 0 Å². The highest BCUT2D eigenvalue weighted by atomic mass is 16.5.